The smallest absolute Gasteiger partial charge is 0.262 e. The molecule has 0 unspecified atom stereocenters. The Morgan fingerprint density at radius 2 is 1.54 bits per heavy atom. The van der Waals surface area contributed by atoms with Gasteiger partial charge in [0, 0.05) is 11.8 Å². The van der Waals surface area contributed by atoms with Crippen LogP contribution >= 0.6 is 0 Å². The summed E-state index contributed by atoms with van der Waals surface area (Å²) in [5, 5.41) is 2.80. The standard InChI is InChI=1S/C23H31NO4/c1-3-5-6-7-8-16-27-21-10-9-11-22(17-21)28-18-23(25)24-19-12-14-20(15-13-19)26-4-2/h9-15,17H,3-8,16,18H2,1-2H3,(H,24,25). The molecule has 0 saturated heterocycles. The van der Waals surface area contributed by atoms with E-state index in [0.29, 0.717) is 24.7 Å². The van der Waals surface area contributed by atoms with Gasteiger partial charge in [0.2, 0.25) is 0 Å². The van der Waals surface area contributed by atoms with Crippen molar-refractivity contribution in [2.75, 3.05) is 25.1 Å². The van der Waals surface area contributed by atoms with Gasteiger partial charge in [-0.25, -0.2) is 0 Å². The van der Waals surface area contributed by atoms with Gasteiger partial charge in [-0.3, -0.25) is 4.79 Å². The molecule has 0 aromatic heterocycles. The molecule has 0 spiro atoms. The second-order valence-corrected chi connectivity index (χ2v) is 6.53. The van der Waals surface area contributed by atoms with Crippen LogP contribution in [0.1, 0.15) is 46.0 Å². The third kappa shape index (κ3) is 8.33. The van der Waals surface area contributed by atoms with Gasteiger partial charge in [0.15, 0.2) is 6.61 Å². The quantitative estimate of drug-likeness (QED) is 0.466. The zero-order valence-electron chi connectivity index (χ0n) is 16.9. The van der Waals surface area contributed by atoms with Gasteiger partial charge < -0.3 is 19.5 Å². The number of unbranched alkanes of at least 4 members (excludes halogenated alkanes) is 4. The number of hydrogen-bond donors (Lipinski definition) is 1. The molecule has 5 nitrogen and oxygen atoms in total. The molecule has 0 aliphatic heterocycles. The highest BCUT2D eigenvalue weighted by Gasteiger charge is 2.05. The van der Waals surface area contributed by atoms with Crippen LogP contribution in [-0.2, 0) is 4.79 Å². The van der Waals surface area contributed by atoms with E-state index in [1.807, 2.05) is 43.3 Å². The molecule has 0 fully saturated rings. The molecule has 2 rings (SSSR count). The van der Waals surface area contributed by atoms with E-state index in [-0.39, 0.29) is 12.5 Å². The lowest BCUT2D eigenvalue weighted by atomic mass is 10.2. The van der Waals surface area contributed by atoms with Gasteiger partial charge in [-0.05, 0) is 49.7 Å². The fraction of sp³-hybridized carbons (Fsp3) is 0.435. The minimum Gasteiger partial charge on any atom is -0.494 e. The zero-order valence-corrected chi connectivity index (χ0v) is 16.9. The fourth-order valence-corrected chi connectivity index (χ4v) is 2.70. The molecule has 0 aliphatic carbocycles. The second kappa shape index (κ2) is 12.7. The van der Waals surface area contributed by atoms with Crippen LogP contribution in [0.5, 0.6) is 17.2 Å². The maximum atomic E-state index is 12.1. The lowest BCUT2D eigenvalue weighted by Gasteiger charge is -2.10. The van der Waals surface area contributed by atoms with Crippen molar-refractivity contribution in [3.8, 4) is 17.2 Å². The third-order valence-corrected chi connectivity index (χ3v) is 4.14. The predicted molar refractivity (Wildman–Crippen MR) is 112 cm³/mol. The summed E-state index contributed by atoms with van der Waals surface area (Å²) in [7, 11) is 0. The number of anilines is 1. The second-order valence-electron chi connectivity index (χ2n) is 6.53. The minimum atomic E-state index is -0.216. The topological polar surface area (TPSA) is 56.8 Å². The highest BCUT2D eigenvalue weighted by molar-refractivity contribution is 5.91. The molecule has 2 aromatic rings. The lowest BCUT2D eigenvalue weighted by Crippen LogP contribution is -2.20. The van der Waals surface area contributed by atoms with Crippen molar-refractivity contribution in [3.05, 3.63) is 48.5 Å². The molecular weight excluding hydrogens is 354 g/mol. The van der Waals surface area contributed by atoms with Crippen LogP contribution in [0.2, 0.25) is 0 Å². The summed E-state index contributed by atoms with van der Waals surface area (Å²) in [6.07, 6.45) is 6.02. The Morgan fingerprint density at radius 3 is 2.25 bits per heavy atom. The van der Waals surface area contributed by atoms with E-state index in [9.17, 15) is 4.79 Å². The summed E-state index contributed by atoms with van der Waals surface area (Å²) in [5.74, 6) is 1.94. The molecule has 0 heterocycles. The predicted octanol–water partition coefficient (Wildman–Crippen LogP) is 5.45. The maximum Gasteiger partial charge on any atom is 0.262 e. The van der Waals surface area contributed by atoms with Crippen LogP contribution < -0.4 is 19.5 Å². The van der Waals surface area contributed by atoms with Crippen molar-refractivity contribution in [2.45, 2.75) is 46.0 Å². The number of rotatable bonds is 13. The summed E-state index contributed by atoms with van der Waals surface area (Å²) in [5.41, 5.74) is 0.706. The summed E-state index contributed by atoms with van der Waals surface area (Å²) >= 11 is 0. The number of hydrogen-bond acceptors (Lipinski definition) is 4. The van der Waals surface area contributed by atoms with Crippen LogP contribution in [0, 0.1) is 0 Å². The van der Waals surface area contributed by atoms with Crippen LogP contribution in [0.4, 0.5) is 5.69 Å². The van der Waals surface area contributed by atoms with Crippen LogP contribution in [0.15, 0.2) is 48.5 Å². The molecule has 5 heteroatoms. The van der Waals surface area contributed by atoms with Gasteiger partial charge in [0.05, 0.1) is 13.2 Å². The molecule has 152 valence electrons. The number of amides is 1. The monoisotopic (exact) mass is 385 g/mol. The van der Waals surface area contributed by atoms with Gasteiger partial charge in [0.25, 0.3) is 5.91 Å². The number of benzene rings is 2. The van der Waals surface area contributed by atoms with E-state index in [0.717, 1.165) is 17.9 Å². The molecule has 1 amide bonds. The Hall–Kier alpha value is -2.69. The Bertz CT molecular complexity index is 700. The molecule has 0 aliphatic rings. The SMILES string of the molecule is CCCCCCCOc1cccc(OCC(=O)Nc2ccc(OCC)cc2)c1. The third-order valence-electron chi connectivity index (χ3n) is 4.14. The summed E-state index contributed by atoms with van der Waals surface area (Å²) < 4.78 is 16.7. The molecule has 0 bridgehead atoms. The van der Waals surface area contributed by atoms with Crippen LogP contribution in [0.25, 0.3) is 0 Å². The largest absolute Gasteiger partial charge is 0.494 e. The van der Waals surface area contributed by atoms with Crippen molar-refractivity contribution in [3.63, 3.8) is 0 Å². The van der Waals surface area contributed by atoms with E-state index >= 15 is 0 Å². The average Bonchev–Trinajstić information content (AvgIpc) is 2.71. The normalized spacial score (nSPS) is 10.4. The Balaban J connectivity index is 1.72. The molecule has 2 aromatic carbocycles. The van der Waals surface area contributed by atoms with Gasteiger partial charge in [0.1, 0.15) is 17.2 Å². The van der Waals surface area contributed by atoms with E-state index in [4.69, 9.17) is 14.2 Å². The number of carbonyl (C=O) groups is 1. The first kappa shape index (κ1) is 21.6. The summed E-state index contributed by atoms with van der Waals surface area (Å²) in [6, 6.07) is 14.7. The van der Waals surface area contributed by atoms with Gasteiger partial charge in [-0.15, -0.1) is 0 Å². The molecule has 0 atom stereocenters. The molecule has 1 N–H and O–H groups in total. The number of ether oxygens (including phenoxy) is 3. The van der Waals surface area contributed by atoms with Crippen LogP contribution in [-0.4, -0.2) is 25.7 Å². The van der Waals surface area contributed by atoms with Crippen LogP contribution in [0.3, 0.4) is 0 Å². The highest BCUT2D eigenvalue weighted by Crippen LogP contribution is 2.20. The van der Waals surface area contributed by atoms with Gasteiger partial charge >= 0.3 is 0 Å². The minimum absolute atomic E-state index is 0.0618. The fourth-order valence-electron chi connectivity index (χ4n) is 2.70. The number of carbonyl (C=O) groups excluding carboxylic acids is 1. The molecule has 28 heavy (non-hydrogen) atoms. The Labute approximate surface area is 168 Å². The van der Waals surface area contributed by atoms with E-state index in [2.05, 4.69) is 12.2 Å². The summed E-state index contributed by atoms with van der Waals surface area (Å²) in [6.45, 7) is 5.39. The van der Waals surface area contributed by atoms with Gasteiger partial charge in [-0.2, -0.15) is 0 Å². The van der Waals surface area contributed by atoms with E-state index in [1.54, 1.807) is 12.1 Å². The highest BCUT2D eigenvalue weighted by atomic mass is 16.5. The summed E-state index contributed by atoms with van der Waals surface area (Å²) in [4.78, 5) is 12.1. The van der Waals surface area contributed by atoms with Crippen molar-refractivity contribution in [1.29, 1.82) is 0 Å². The first-order valence-electron chi connectivity index (χ1n) is 10.1. The van der Waals surface area contributed by atoms with E-state index < -0.39 is 0 Å². The average molecular weight is 386 g/mol. The molecule has 0 radical (unpaired) electrons. The van der Waals surface area contributed by atoms with Gasteiger partial charge in [-0.1, -0.05) is 38.7 Å². The Morgan fingerprint density at radius 1 is 0.821 bits per heavy atom. The van der Waals surface area contributed by atoms with Crippen molar-refractivity contribution < 1.29 is 19.0 Å². The molecule has 0 saturated carbocycles. The lowest BCUT2D eigenvalue weighted by molar-refractivity contribution is -0.118. The van der Waals surface area contributed by atoms with Crippen molar-refractivity contribution >= 4 is 11.6 Å². The molecular formula is C23H31NO4. The number of nitrogens with one attached hydrogen (secondary N) is 1. The Kier molecular flexibility index (Phi) is 9.76. The first-order valence-corrected chi connectivity index (χ1v) is 10.1. The van der Waals surface area contributed by atoms with E-state index in [1.165, 1.54) is 25.7 Å². The maximum absolute atomic E-state index is 12.1. The zero-order chi connectivity index (χ0) is 20.0. The van der Waals surface area contributed by atoms with Crippen molar-refractivity contribution in [2.24, 2.45) is 0 Å². The van der Waals surface area contributed by atoms with Crippen molar-refractivity contribution in [1.82, 2.24) is 0 Å². The first-order chi connectivity index (χ1) is 13.7.